The summed E-state index contributed by atoms with van der Waals surface area (Å²) in [6, 6.07) is 32.2. The topological polar surface area (TPSA) is 85.7 Å². The number of benzene rings is 4. The van der Waals surface area contributed by atoms with E-state index in [4.69, 9.17) is 14.5 Å². The standard InChI is InChI=1S/C34H32N4O4/c1-24-12-10-11-17-28(24)33(40)37(21-25-13-6-4-7-14-25)23-32(39)36-34-35-29(26-15-8-5-9-16-26)22-38(34)27-18-19-30(41-2)31(20-27)42-3/h4-20,22H,21,23H2,1-3H3,(H,35,36,39). The molecule has 0 radical (unpaired) electrons. The molecule has 0 aliphatic carbocycles. The van der Waals surface area contributed by atoms with Gasteiger partial charge in [-0.05, 0) is 36.2 Å². The van der Waals surface area contributed by atoms with Crippen LogP contribution in [0.5, 0.6) is 11.5 Å². The number of amides is 2. The van der Waals surface area contributed by atoms with Crippen molar-refractivity contribution in [2.45, 2.75) is 13.5 Å². The molecule has 0 bridgehead atoms. The minimum absolute atomic E-state index is 0.165. The number of methoxy groups -OCH3 is 2. The molecule has 0 aliphatic rings. The van der Waals surface area contributed by atoms with Crippen molar-refractivity contribution in [3.63, 3.8) is 0 Å². The molecule has 0 spiro atoms. The van der Waals surface area contributed by atoms with Crippen LogP contribution in [-0.2, 0) is 11.3 Å². The Kier molecular flexibility index (Phi) is 8.63. The van der Waals surface area contributed by atoms with Crippen molar-refractivity contribution in [3.05, 3.63) is 126 Å². The second kappa shape index (κ2) is 12.9. The van der Waals surface area contributed by atoms with Gasteiger partial charge in [0, 0.05) is 29.9 Å². The van der Waals surface area contributed by atoms with Crippen LogP contribution in [0.2, 0.25) is 0 Å². The van der Waals surface area contributed by atoms with E-state index in [-0.39, 0.29) is 24.9 Å². The van der Waals surface area contributed by atoms with Crippen LogP contribution in [0.25, 0.3) is 16.9 Å². The third-order valence-corrected chi connectivity index (χ3v) is 6.89. The van der Waals surface area contributed by atoms with Gasteiger partial charge in [-0.15, -0.1) is 0 Å². The molecule has 5 aromatic rings. The third-order valence-electron chi connectivity index (χ3n) is 6.89. The fourth-order valence-corrected chi connectivity index (χ4v) is 4.71. The molecule has 0 saturated heterocycles. The van der Waals surface area contributed by atoms with E-state index in [1.54, 1.807) is 35.8 Å². The molecule has 1 aromatic heterocycles. The summed E-state index contributed by atoms with van der Waals surface area (Å²) in [6.45, 7) is 2.00. The Morgan fingerprint density at radius 3 is 2.19 bits per heavy atom. The highest BCUT2D eigenvalue weighted by Gasteiger charge is 2.22. The van der Waals surface area contributed by atoms with Gasteiger partial charge in [-0.25, -0.2) is 4.98 Å². The number of ether oxygens (including phenoxy) is 2. The molecule has 8 nitrogen and oxygen atoms in total. The van der Waals surface area contributed by atoms with Crippen LogP contribution in [0, 0.1) is 6.92 Å². The maximum Gasteiger partial charge on any atom is 0.254 e. The molecule has 0 unspecified atom stereocenters. The number of carbonyl (C=O) groups is 2. The molecule has 212 valence electrons. The number of rotatable bonds is 10. The molecular formula is C34H32N4O4. The first-order valence-electron chi connectivity index (χ1n) is 13.5. The zero-order chi connectivity index (χ0) is 29.5. The SMILES string of the molecule is COc1ccc(-n2cc(-c3ccccc3)nc2NC(=O)CN(Cc2ccccc2)C(=O)c2ccccc2C)cc1OC. The Bertz CT molecular complexity index is 1680. The first kappa shape index (κ1) is 28.2. The van der Waals surface area contributed by atoms with Gasteiger partial charge >= 0.3 is 0 Å². The van der Waals surface area contributed by atoms with E-state index in [1.807, 2.05) is 104 Å². The molecule has 0 aliphatic heterocycles. The van der Waals surface area contributed by atoms with Crippen LogP contribution in [0.3, 0.4) is 0 Å². The van der Waals surface area contributed by atoms with E-state index in [0.717, 1.165) is 22.4 Å². The zero-order valence-electron chi connectivity index (χ0n) is 23.8. The largest absolute Gasteiger partial charge is 0.493 e. The van der Waals surface area contributed by atoms with Crippen molar-refractivity contribution in [1.29, 1.82) is 0 Å². The average molecular weight is 561 g/mol. The van der Waals surface area contributed by atoms with Gasteiger partial charge in [0.15, 0.2) is 11.5 Å². The molecular weight excluding hydrogens is 528 g/mol. The van der Waals surface area contributed by atoms with Gasteiger partial charge in [-0.3, -0.25) is 19.5 Å². The minimum Gasteiger partial charge on any atom is -0.493 e. The number of carbonyl (C=O) groups excluding carboxylic acids is 2. The molecule has 2 amide bonds. The Labute approximate surface area is 245 Å². The fourth-order valence-electron chi connectivity index (χ4n) is 4.71. The number of nitrogens with zero attached hydrogens (tertiary/aromatic N) is 3. The summed E-state index contributed by atoms with van der Waals surface area (Å²) in [5.41, 5.74) is 4.61. The molecule has 0 fully saturated rings. The first-order valence-corrected chi connectivity index (χ1v) is 13.5. The van der Waals surface area contributed by atoms with E-state index in [0.29, 0.717) is 28.7 Å². The summed E-state index contributed by atoms with van der Waals surface area (Å²) in [7, 11) is 3.15. The maximum atomic E-state index is 13.7. The van der Waals surface area contributed by atoms with E-state index in [2.05, 4.69) is 5.32 Å². The zero-order valence-corrected chi connectivity index (χ0v) is 23.8. The predicted molar refractivity (Wildman–Crippen MR) is 163 cm³/mol. The predicted octanol–water partition coefficient (Wildman–Crippen LogP) is 6.15. The monoisotopic (exact) mass is 560 g/mol. The first-order chi connectivity index (χ1) is 20.5. The van der Waals surface area contributed by atoms with Crippen LogP contribution < -0.4 is 14.8 Å². The summed E-state index contributed by atoms with van der Waals surface area (Å²) in [6.07, 6.45) is 1.85. The summed E-state index contributed by atoms with van der Waals surface area (Å²) in [4.78, 5) is 33.6. The number of anilines is 1. The van der Waals surface area contributed by atoms with Crippen molar-refractivity contribution >= 4 is 17.8 Å². The summed E-state index contributed by atoms with van der Waals surface area (Å²) < 4.78 is 12.7. The number of hydrogen-bond acceptors (Lipinski definition) is 5. The lowest BCUT2D eigenvalue weighted by Gasteiger charge is -2.23. The normalized spacial score (nSPS) is 10.6. The van der Waals surface area contributed by atoms with E-state index in [9.17, 15) is 9.59 Å². The molecule has 1 heterocycles. The van der Waals surface area contributed by atoms with Gasteiger partial charge in [-0.1, -0.05) is 78.9 Å². The molecule has 0 atom stereocenters. The van der Waals surface area contributed by atoms with Crippen molar-refractivity contribution in [1.82, 2.24) is 14.5 Å². The lowest BCUT2D eigenvalue weighted by molar-refractivity contribution is -0.117. The highest BCUT2D eigenvalue weighted by molar-refractivity contribution is 6.00. The Morgan fingerprint density at radius 1 is 0.833 bits per heavy atom. The third kappa shape index (κ3) is 6.33. The van der Waals surface area contributed by atoms with Crippen LogP contribution in [0.4, 0.5) is 5.95 Å². The number of aromatic nitrogens is 2. The lowest BCUT2D eigenvalue weighted by atomic mass is 10.1. The highest BCUT2D eigenvalue weighted by atomic mass is 16.5. The van der Waals surface area contributed by atoms with Gasteiger partial charge in [0.05, 0.1) is 25.6 Å². The summed E-state index contributed by atoms with van der Waals surface area (Å²) in [5, 5.41) is 2.95. The number of hydrogen-bond donors (Lipinski definition) is 1. The van der Waals surface area contributed by atoms with Crippen molar-refractivity contribution in [2.75, 3.05) is 26.1 Å². The quantitative estimate of drug-likeness (QED) is 0.222. The summed E-state index contributed by atoms with van der Waals surface area (Å²) >= 11 is 0. The van der Waals surface area contributed by atoms with Crippen LogP contribution >= 0.6 is 0 Å². The van der Waals surface area contributed by atoms with E-state index >= 15 is 0 Å². The van der Waals surface area contributed by atoms with Crippen molar-refractivity contribution < 1.29 is 19.1 Å². The van der Waals surface area contributed by atoms with Crippen LogP contribution in [0.1, 0.15) is 21.5 Å². The maximum absolute atomic E-state index is 13.7. The minimum atomic E-state index is -0.375. The van der Waals surface area contributed by atoms with Gasteiger partial charge < -0.3 is 14.4 Å². The van der Waals surface area contributed by atoms with Crippen LogP contribution in [-0.4, -0.2) is 47.0 Å². The van der Waals surface area contributed by atoms with Crippen LogP contribution in [0.15, 0.2) is 109 Å². The Balaban J connectivity index is 1.47. The molecule has 1 N–H and O–H groups in total. The van der Waals surface area contributed by atoms with Gasteiger partial charge in [0.1, 0.15) is 6.54 Å². The molecule has 8 heteroatoms. The molecule has 4 aromatic carbocycles. The number of nitrogens with one attached hydrogen (secondary N) is 1. The number of aryl methyl sites for hydroxylation is 1. The Morgan fingerprint density at radius 2 is 1.50 bits per heavy atom. The second-order valence-electron chi connectivity index (χ2n) is 9.73. The van der Waals surface area contributed by atoms with Gasteiger partial charge in [-0.2, -0.15) is 0 Å². The van der Waals surface area contributed by atoms with Gasteiger partial charge in [0.2, 0.25) is 11.9 Å². The average Bonchev–Trinajstić information content (AvgIpc) is 3.44. The Hall–Kier alpha value is -5.37. The molecule has 42 heavy (non-hydrogen) atoms. The van der Waals surface area contributed by atoms with Crippen molar-refractivity contribution in [2.24, 2.45) is 0 Å². The molecule has 0 saturated carbocycles. The summed E-state index contributed by atoms with van der Waals surface area (Å²) in [5.74, 6) is 0.843. The van der Waals surface area contributed by atoms with Gasteiger partial charge in [0.25, 0.3) is 5.91 Å². The van der Waals surface area contributed by atoms with Crippen molar-refractivity contribution in [3.8, 4) is 28.4 Å². The fraction of sp³-hybridized carbons (Fsp3) is 0.147. The second-order valence-corrected chi connectivity index (χ2v) is 9.73. The van der Waals surface area contributed by atoms with E-state index < -0.39 is 0 Å². The smallest absolute Gasteiger partial charge is 0.254 e. The lowest BCUT2D eigenvalue weighted by Crippen LogP contribution is -2.38. The highest BCUT2D eigenvalue weighted by Crippen LogP contribution is 2.32. The van der Waals surface area contributed by atoms with E-state index in [1.165, 1.54) is 0 Å². The number of imidazole rings is 1. The molecule has 5 rings (SSSR count).